The number of benzene rings is 1. The van der Waals surface area contributed by atoms with E-state index in [2.05, 4.69) is 39.9 Å². The van der Waals surface area contributed by atoms with Crippen LogP contribution in [0.5, 0.6) is 0 Å². The Labute approximate surface area is 98.1 Å². The lowest BCUT2D eigenvalue weighted by Crippen LogP contribution is -2.13. The first kappa shape index (κ1) is 12.8. The Morgan fingerprint density at radius 2 is 1.25 bits per heavy atom. The highest BCUT2D eigenvalue weighted by atomic mass is 16.1. The Balaban J connectivity index is 3.34. The molecule has 88 valence electrons. The van der Waals surface area contributed by atoms with Crippen molar-refractivity contribution in [3.63, 3.8) is 0 Å². The summed E-state index contributed by atoms with van der Waals surface area (Å²) in [6.07, 6.45) is 0.519. The predicted molar refractivity (Wildman–Crippen MR) is 69.0 cm³/mol. The Hall–Kier alpha value is -1.31. The van der Waals surface area contributed by atoms with Gasteiger partial charge in [0.15, 0.2) is 0 Å². The number of amides is 1. The molecule has 0 radical (unpaired) electrons. The summed E-state index contributed by atoms with van der Waals surface area (Å²) in [5.41, 5.74) is 7.23. The Kier molecular flexibility index (Phi) is 3.74. The zero-order chi connectivity index (χ0) is 12.5. The summed E-state index contributed by atoms with van der Waals surface area (Å²) in [4.78, 5) is 11.5. The first-order valence-corrected chi connectivity index (χ1v) is 5.76. The number of nitrogens with one attached hydrogen (secondary N) is 1. The first-order valence-electron chi connectivity index (χ1n) is 5.76. The zero-order valence-corrected chi connectivity index (χ0v) is 11.1. The molecule has 1 amide bonds. The first-order chi connectivity index (χ1) is 7.40. The van der Waals surface area contributed by atoms with E-state index in [9.17, 15) is 4.79 Å². The lowest BCUT2D eigenvalue weighted by molar-refractivity contribution is -0.115. The molecule has 0 aliphatic carbocycles. The summed E-state index contributed by atoms with van der Waals surface area (Å²) in [6, 6.07) is 0. The van der Waals surface area contributed by atoms with Gasteiger partial charge in [0.1, 0.15) is 0 Å². The highest BCUT2D eigenvalue weighted by molar-refractivity contribution is 5.92. The van der Waals surface area contributed by atoms with Gasteiger partial charge < -0.3 is 5.32 Å². The molecule has 0 aliphatic rings. The van der Waals surface area contributed by atoms with Crippen LogP contribution in [0.4, 0.5) is 5.69 Å². The molecule has 0 spiro atoms. The minimum Gasteiger partial charge on any atom is -0.326 e. The third-order valence-corrected chi connectivity index (χ3v) is 3.59. The fraction of sp³-hybridized carbons (Fsp3) is 0.500. The summed E-state index contributed by atoms with van der Waals surface area (Å²) >= 11 is 0. The second-order valence-electron chi connectivity index (χ2n) is 4.40. The van der Waals surface area contributed by atoms with Crippen LogP contribution < -0.4 is 5.32 Å². The van der Waals surface area contributed by atoms with Crippen molar-refractivity contribution >= 4 is 11.6 Å². The van der Waals surface area contributed by atoms with Crippen LogP contribution in [-0.2, 0) is 4.79 Å². The van der Waals surface area contributed by atoms with Crippen molar-refractivity contribution in [1.82, 2.24) is 0 Å². The van der Waals surface area contributed by atoms with E-state index in [1.807, 2.05) is 6.92 Å². The number of anilines is 1. The summed E-state index contributed by atoms with van der Waals surface area (Å²) in [7, 11) is 0. The van der Waals surface area contributed by atoms with Gasteiger partial charge in [-0.3, -0.25) is 4.79 Å². The third-order valence-electron chi connectivity index (χ3n) is 3.59. The molecule has 16 heavy (non-hydrogen) atoms. The van der Waals surface area contributed by atoms with Gasteiger partial charge >= 0.3 is 0 Å². The Morgan fingerprint density at radius 3 is 1.62 bits per heavy atom. The predicted octanol–water partition coefficient (Wildman–Crippen LogP) is 3.58. The standard InChI is InChI=1S/C14H21NO/c1-7-13(16)15-14-11(5)9(3)8(2)10(4)12(14)6/h7H2,1-6H3,(H,15,16). The van der Waals surface area contributed by atoms with Crippen molar-refractivity contribution in [1.29, 1.82) is 0 Å². The Bertz CT molecular complexity index is 404. The summed E-state index contributed by atoms with van der Waals surface area (Å²) in [6.45, 7) is 12.4. The van der Waals surface area contributed by atoms with E-state index in [-0.39, 0.29) is 5.91 Å². The van der Waals surface area contributed by atoms with Crippen molar-refractivity contribution in [2.24, 2.45) is 0 Å². The average molecular weight is 219 g/mol. The van der Waals surface area contributed by atoms with Crippen molar-refractivity contribution < 1.29 is 4.79 Å². The minimum absolute atomic E-state index is 0.0776. The molecule has 1 N–H and O–H groups in total. The monoisotopic (exact) mass is 219 g/mol. The second kappa shape index (κ2) is 4.69. The molecule has 0 saturated carbocycles. The van der Waals surface area contributed by atoms with Crippen LogP contribution >= 0.6 is 0 Å². The highest BCUT2D eigenvalue weighted by Gasteiger charge is 2.13. The molecule has 1 rings (SSSR count). The van der Waals surface area contributed by atoms with Crippen molar-refractivity contribution in [3.8, 4) is 0 Å². The Morgan fingerprint density at radius 1 is 0.875 bits per heavy atom. The van der Waals surface area contributed by atoms with E-state index in [4.69, 9.17) is 0 Å². The molecule has 0 bridgehead atoms. The summed E-state index contributed by atoms with van der Waals surface area (Å²) < 4.78 is 0. The normalized spacial score (nSPS) is 10.4. The minimum atomic E-state index is 0.0776. The molecular weight excluding hydrogens is 198 g/mol. The molecule has 0 atom stereocenters. The van der Waals surface area contributed by atoms with Gasteiger partial charge in [-0.25, -0.2) is 0 Å². The van der Waals surface area contributed by atoms with Gasteiger partial charge in [-0.1, -0.05) is 6.92 Å². The number of carbonyl (C=O) groups excluding carboxylic acids is 1. The van der Waals surface area contributed by atoms with Crippen molar-refractivity contribution in [2.75, 3.05) is 5.32 Å². The van der Waals surface area contributed by atoms with E-state index in [0.717, 1.165) is 5.69 Å². The van der Waals surface area contributed by atoms with E-state index in [0.29, 0.717) is 6.42 Å². The molecule has 0 aliphatic heterocycles. The van der Waals surface area contributed by atoms with Crippen LogP contribution in [0.25, 0.3) is 0 Å². The van der Waals surface area contributed by atoms with Gasteiger partial charge in [-0.2, -0.15) is 0 Å². The second-order valence-corrected chi connectivity index (χ2v) is 4.40. The summed E-state index contributed by atoms with van der Waals surface area (Å²) in [5.74, 6) is 0.0776. The molecule has 2 heteroatoms. The molecule has 1 aromatic rings. The lowest BCUT2D eigenvalue weighted by Gasteiger charge is -2.18. The van der Waals surface area contributed by atoms with Gasteiger partial charge in [0.2, 0.25) is 5.91 Å². The van der Waals surface area contributed by atoms with E-state index in [1.54, 1.807) is 0 Å². The van der Waals surface area contributed by atoms with Crippen LogP contribution in [0.15, 0.2) is 0 Å². The molecule has 2 nitrogen and oxygen atoms in total. The number of carbonyl (C=O) groups is 1. The van der Waals surface area contributed by atoms with Crippen LogP contribution in [0.1, 0.15) is 41.2 Å². The maximum Gasteiger partial charge on any atom is 0.224 e. The van der Waals surface area contributed by atoms with Gasteiger partial charge in [0, 0.05) is 12.1 Å². The van der Waals surface area contributed by atoms with Crippen molar-refractivity contribution in [2.45, 2.75) is 48.0 Å². The van der Waals surface area contributed by atoms with Crippen molar-refractivity contribution in [3.05, 3.63) is 27.8 Å². The largest absolute Gasteiger partial charge is 0.326 e. The fourth-order valence-electron chi connectivity index (χ4n) is 1.92. The van der Waals surface area contributed by atoms with E-state index < -0.39 is 0 Å². The topological polar surface area (TPSA) is 29.1 Å². The smallest absolute Gasteiger partial charge is 0.224 e. The molecule has 0 heterocycles. The molecule has 0 saturated heterocycles. The lowest BCUT2D eigenvalue weighted by atomic mass is 9.93. The van der Waals surface area contributed by atoms with E-state index >= 15 is 0 Å². The van der Waals surface area contributed by atoms with Gasteiger partial charge in [0.25, 0.3) is 0 Å². The van der Waals surface area contributed by atoms with Gasteiger partial charge in [0.05, 0.1) is 0 Å². The third kappa shape index (κ3) is 2.11. The molecule has 0 aromatic heterocycles. The van der Waals surface area contributed by atoms with Gasteiger partial charge in [-0.15, -0.1) is 0 Å². The molecule has 1 aromatic carbocycles. The number of rotatable bonds is 2. The van der Waals surface area contributed by atoms with E-state index in [1.165, 1.54) is 27.8 Å². The van der Waals surface area contributed by atoms with Crippen LogP contribution in [-0.4, -0.2) is 5.91 Å². The SMILES string of the molecule is CCC(=O)Nc1c(C)c(C)c(C)c(C)c1C. The average Bonchev–Trinajstić information content (AvgIpc) is 2.29. The quantitative estimate of drug-likeness (QED) is 0.809. The zero-order valence-electron chi connectivity index (χ0n) is 11.1. The maximum atomic E-state index is 11.5. The van der Waals surface area contributed by atoms with Crippen LogP contribution in [0.3, 0.4) is 0 Å². The maximum absolute atomic E-state index is 11.5. The highest BCUT2D eigenvalue weighted by Crippen LogP contribution is 2.30. The van der Waals surface area contributed by atoms with Crippen LogP contribution in [0, 0.1) is 34.6 Å². The molecule has 0 unspecified atom stereocenters. The summed E-state index contributed by atoms with van der Waals surface area (Å²) in [5, 5.41) is 3.00. The van der Waals surface area contributed by atoms with Gasteiger partial charge in [-0.05, 0) is 62.4 Å². The number of hydrogen-bond acceptors (Lipinski definition) is 1. The molecular formula is C14H21NO. The number of hydrogen-bond donors (Lipinski definition) is 1. The molecule has 0 fully saturated rings. The fourth-order valence-corrected chi connectivity index (χ4v) is 1.92. The van der Waals surface area contributed by atoms with Crippen LogP contribution in [0.2, 0.25) is 0 Å².